The molecule has 6 heteroatoms. The van der Waals surface area contributed by atoms with Crippen molar-refractivity contribution in [3.05, 3.63) is 48.0 Å². The van der Waals surface area contributed by atoms with Crippen LogP contribution in [0.5, 0.6) is 11.5 Å². The van der Waals surface area contributed by atoms with Gasteiger partial charge in [-0.3, -0.25) is 9.59 Å². The summed E-state index contributed by atoms with van der Waals surface area (Å²) in [7, 11) is 3.15. The molecular weight excluding hydrogens is 356 g/mol. The third-order valence-electron chi connectivity index (χ3n) is 5.53. The molecular formula is C22H24N2O4. The van der Waals surface area contributed by atoms with Gasteiger partial charge in [0.2, 0.25) is 11.8 Å². The van der Waals surface area contributed by atoms with Gasteiger partial charge in [-0.05, 0) is 36.6 Å². The highest BCUT2D eigenvalue weighted by atomic mass is 16.5. The van der Waals surface area contributed by atoms with Crippen LogP contribution in [0.3, 0.4) is 0 Å². The van der Waals surface area contributed by atoms with Gasteiger partial charge < -0.3 is 19.3 Å². The lowest BCUT2D eigenvalue weighted by molar-refractivity contribution is -0.124. The summed E-state index contributed by atoms with van der Waals surface area (Å²) in [5.74, 6) is 0.809. The molecule has 2 aliphatic heterocycles. The first-order chi connectivity index (χ1) is 13.6. The number of hydrogen-bond donors (Lipinski definition) is 0. The molecule has 2 aromatic carbocycles. The SMILES string of the molecule is COc1ccc(OC)c(N2C[C@H](C(=O)N3CCCc4ccccc43)CC2=O)c1. The second kappa shape index (κ2) is 7.54. The normalized spacial score (nSPS) is 18.8. The minimum atomic E-state index is -0.366. The molecule has 0 aliphatic carbocycles. The summed E-state index contributed by atoms with van der Waals surface area (Å²) in [6, 6.07) is 13.4. The average molecular weight is 380 g/mol. The molecule has 2 aromatic rings. The Kier molecular flexibility index (Phi) is 4.94. The molecule has 146 valence electrons. The number of methoxy groups -OCH3 is 2. The second-order valence-electron chi connectivity index (χ2n) is 7.17. The number of fused-ring (bicyclic) bond motifs is 1. The van der Waals surface area contributed by atoms with E-state index in [0.29, 0.717) is 30.3 Å². The standard InChI is InChI=1S/C22H24N2O4/c1-27-17-9-10-20(28-2)19(13-17)24-14-16(12-21(24)25)22(26)23-11-5-7-15-6-3-4-8-18(15)23/h3-4,6,8-10,13,16H,5,7,11-12,14H2,1-2H3/t16-/m1/s1. The number of carbonyl (C=O) groups excluding carboxylic acids is 2. The number of ether oxygens (including phenoxy) is 2. The van der Waals surface area contributed by atoms with E-state index in [-0.39, 0.29) is 24.2 Å². The monoisotopic (exact) mass is 380 g/mol. The van der Waals surface area contributed by atoms with Gasteiger partial charge in [0.15, 0.2) is 0 Å². The van der Waals surface area contributed by atoms with Crippen molar-refractivity contribution in [1.82, 2.24) is 0 Å². The van der Waals surface area contributed by atoms with E-state index in [1.165, 1.54) is 5.56 Å². The molecule has 4 rings (SSSR count). The first-order valence-electron chi connectivity index (χ1n) is 9.54. The van der Waals surface area contributed by atoms with Gasteiger partial charge in [-0.1, -0.05) is 18.2 Å². The van der Waals surface area contributed by atoms with E-state index in [2.05, 4.69) is 6.07 Å². The van der Waals surface area contributed by atoms with Gasteiger partial charge in [0.25, 0.3) is 0 Å². The number of rotatable bonds is 4. The molecule has 0 bridgehead atoms. The molecule has 1 atom stereocenters. The van der Waals surface area contributed by atoms with E-state index < -0.39 is 0 Å². The number of benzene rings is 2. The number of nitrogens with zero attached hydrogens (tertiary/aromatic N) is 2. The van der Waals surface area contributed by atoms with E-state index in [1.54, 1.807) is 37.3 Å². The fourth-order valence-corrected chi connectivity index (χ4v) is 4.10. The minimum Gasteiger partial charge on any atom is -0.497 e. The Balaban J connectivity index is 1.58. The molecule has 0 radical (unpaired) electrons. The number of carbonyl (C=O) groups is 2. The zero-order valence-electron chi connectivity index (χ0n) is 16.2. The van der Waals surface area contributed by atoms with Crippen LogP contribution in [-0.4, -0.2) is 39.1 Å². The molecule has 0 aromatic heterocycles. The van der Waals surface area contributed by atoms with E-state index in [9.17, 15) is 9.59 Å². The molecule has 0 saturated carbocycles. The highest BCUT2D eigenvalue weighted by Crippen LogP contribution is 2.37. The maximum absolute atomic E-state index is 13.3. The third kappa shape index (κ3) is 3.19. The average Bonchev–Trinajstić information content (AvgIpc) is 3.13. The first-order valence-corrected chi connectivity index (χ1v) is 9.54. The van der Waals surface area contributed by atoms with Gasteiger partial charge in [0.05, 0.1) is 25.8 Å². The van der Waals surface area contributed by atoms with Crippen LogP contribution in [0.1, 0.15) is 18.4 Å². The lowest BCUT2D eigenvalue weighted by Gasteiger charge is -2.31. The topological polar surface area (TPSA) is 59.1 Å². The molecule has 2 heterocycles. The van der Waals surface area contributed by atoms with Crippen LogP contribution in [0.2, 0.25) is 0 Å². The molecule has 6 nitrogen and oxygen atoms in total. The lowest BCUT2D eigenvalue weighted by atomic mass is 9.99. The Hall–Kier alpha value is -3.02. The highest BCUT2D eigenvalue weighted by molar-refractivity contribution is 6.05. The first kappa shape index (κ1) is 18.3. The van der Waals surface area contributed by atoms with Crippen LogP contribution in [0.25, 0.3) is 0 Å². The summed E-state index contributed by atoms with van der Waals surface area (Å²) in [5.41, 5.74) is 2.81. The van der Waals surface area contributed by atoms with Gasteiger partial charge >= 0.3 is 0 Å². The van der Waals surface area contributed by atoms with Crippen LogP contribution in [0.15, 0.2) is 42.5 Å². The Morgan fingerprint density at radius 1 is 1.07 bits per heavy atom. The van der Waals surface area contributed by atoms with Crippen LogP contribution >= 0.6 is 0 Å². The van der Waals surface area contributed by atoms with Crippen molar-refractivity contribution >= 4 is 23.2 Å². The van der Waals surface area contributed by atoms with Crippen molar-refractivity contribution in [1.29, 1.82) is 0 Å². The van der Waals surface area contributed by atoms with Crippen molar-refractivity contribution in [2.45, 2.75) is 19.3 Å². The zero-order valence-corrected chi connectivity index (χ0v) is 16.2. The number of amides is 2. The summed E-state index contributed by atoms with van der Waals surface area (Å²) in [4.78, 5) is 29.5. The maximum Gasteiger partial charge on any atom is 0.232 e. The maximum atomic E-state index is 13.3. The van der Waals surface area contributed by atoms with Gasteiger partial charge in [-0.25, -0.2) is 0 Å². The Labute approximate surface area is 164 Å². The summed E-state index contributed by atoms with van der Waals surface area (Å²) in [5, 5.41) is 0. The number of para-hydroxylation sites is 1. The Bertz CT molecular complexity index is 911. The molecule has 2 amide bonds. The van der Waals surface area contributed by atoms with Gasteiger partial charge in [-0.15, -0.1) is 0 Å². The predicted octanol–water partition coefficient (Wildman–Crippen LogP) is 3.04. The smallest absolute Gasteiger partial charge is 0.232 e. The summed E-state index contributed by atoms with van der Waals surface area (Å²) in [6.07, 6.45) is 2.13. The van der Waals surface area contributed by atoms with E-state index in [4.69, 9.17) is 9.47 Å². The van der Waals surface area contributed by atoms with Crippen LogP contribution in [0.4, 0.5) is 11.4 Å². The van der Waals surface area contributed by atoms with Crippen LogP contribution in [-0.2, 0) is 16.0 Å². The largest absolute Gasteiger partial charge is 0.497 e. The summed E-state index contributed by atoms with van der Waals surface area (Å²) < 4.78 is 10.7. The highest BCUT2D eigenvalue weighted by Gasteiger charge is 2.39. The number of aryl methyl sites for hydroxylation is 1. The molecule has 28 heavy (non-hydrogen) atoms. The molecule has 0 unspecified atom stereocenters. The van der Waals surface area contributed by atoms with Crippen molar-refractivity contribution in [3.63, 3.8) is 0 Å². The van der Waals surface area contributed by atoms with Crippen molar-refractivity contribution in [3.8, 4) is 11.5 Å². The molecule has 0 N–H and O–H groups in total. The number of hydrogen-bond acceptors (Lipinski definition) is 4. The molecule has 0 spiro atoms. The fraction of sp³-hybridized carbons (Fsp3) is 0.364. The Morgan fingerprint density at radius 3 is 2.68 bits per heavy atom. The molecule has 1 fully saturated rings. The van der Waals surface area contributed by atoms with Gasteiger partial charge in [0, 0.05) is 31.3 Å². The molecule has 2 aliphatic rings. The van der Waals surface area contributed by atoms with E-state index in [0.717, 1.165) is 18.5 Å². The van der Waals surface area contributed by atoms with E-state index >= 15 is 0 Å². The zero-order chi connectivity index (χ0) is 19.7. The van der Waals surface area contributed by atoms with Crippen molar-refractivity contribution in [2.24, 2.45) is 5.92 Å². The fourth-order valence-electron chi connectivity index (χ4n) is 4.10. The van der Waals surface area contributed by atoms with Crippen molar-refractivity contribution in [2.75, 3.05) is 37.1 Å². The van der Waals surface area contributed by atoms with E-state index in [1.807, 2.05) is 23.1 Å². The summed E-state index contributed by atoms with van der Waals surface area (Å²) in [6.45, 7) is 1.04. The number of anilines is 2. The Morgan fingerprint density at radius 2 is 1.89 bits per heavy atom. The lowest BCUT2D eigenvalue weighted by Crippen LogP contribution is -2.40. The minimum absolute atomic E-state index is 0.0184. The summed E-state index contributed by atoms with van der Waals surface area (Å²) >= 11 is 0. The van der Waals surface area contributed by atoms with Crippen LogP contribution in [0, 0.1) is 5.92 Å². The second-order valence-corrected chi connectivity index (χ2v) is 7.17. The molecule has 1 saturated heterocycles. The quantitative estimate of drug-likeness (QED) is 0.818. The van der Waals surface area contributed by atoms with Gasteiger partial charge in [-0.2, -0.15) is 0 Å². The third-order valence-corrected chi connectivity index (χ3v) is 5.53. The van der Waals surface area contributed by atoms with Crippen LogP contribution < -0.4 is 19.3 Å². The van der Waals surface area contributed by atoms with Crippen molar-refractivity contribution < 1.29 is 19.1 Å². The van der Waals surface area contributed by atoms with Gasteiger partial charge in [0.1, 0.15) is 11.5 Å². The predicted molar refractivity (Wildman–Crippen MR) is 107 cm³/mol.